The highest BCUT2D eigenvalue weighted by Gasteiger charge is 2.45. The predicted octanol–water partition coefficient (Wildman–Crippen LogP) is 2.07. The Balaban J connectivity index is 2.85. The van der Waals surface area contributed by atoms with Crippen LogP contribution < -0.4 is 5.32 Å². The fourth-order valence-corrected chi connectivity index (χ4v) is 2.17. The van der Waals surface area contributed by atoms with E-state index >= 15 is 0 Å². The lowest BCUT2D eigenvalue weighted by atomic mass is 9.85. The predicted molar refractivity (Wildman–Crippen MR) is 49.6 cm³/mol. The van der Waals surface area contributed by atoms with E-state index in [2.05, 4.69) is 39.1 Å². The first-order valence-electron chi connectivity index (χ1n) is 4.62. The Morgan fingerprint density at radius 2 is 2.08 bits per heavy atom. The van der Waals surface area contributed by atoms with Crippen LogP contribution in [0.25, 0.3) is 0 Å². The van der Waals surface area contributed by atoms with Gasteiger partial charge in [-0.2, -0.15) is 5.26 Å². The lowest BCUT2D eigenvalue weighted by Crippen LogP contribution is -2.46. The summed E-state index contributed by atoms with van der Waals surface area (Å²) in [6.45, 7) is 8.62. The molecule has 0 aromatic carbocycles. The molecule has 0 bridgehead atoms. The van der Waals surface area contributed by atoms with Crippen molar-refractivity contribution in [2.24, 2.45) is 5.92 Å². The summed E-state index contributed by atoms with van der Waals surface area (Å²) < 4.78 is 0. The SMILES string of the molecule is CCC1(C)NC(C)(C)CC1C#N. The maximum atomic E-state index is 8.97. The third-order valence-corrected chi connectivity index (χ3v) is 3.00. The van der Waals surface area contributed by atoms with E-state index in [0.29, 0.717) is 0 Å². The van der Waals surface area contributed by atoms with Gasteiger partial charge in [0.25, 0.3) is 0 Å². The number of rotatable bonds is 1. The average molecular weight is 166 g/mol. The molecule has 0 amide bonds. The van der Waals surface area contributed by atoms with E-state index in [4.69, 9.17) is 5.26 Å². The molecule has 1 aliphatic heterocycles. The third kappa shape index (κ3) is 1.47. The average Bonchev–Trinajstić information content (AvgIpc) is 2.22. The van der Waals surface area contributed by atoms with E-state index in [1.807, 2.05) is 0 Å². The Kier molecular flexibility index (Phi) is 2.18. The van der Waals surface area contributed by atoms with Crippen LogP contribution in [0.5, 0.6) is 0 Å². The zero-order chi connectivity index (χ0) is 9.41. The number of hydrogen-bond donors (Lipinski definition) is 1. The molecule has 1 N–H and O–H groups in total. The van der Waals surface area contributed by atoms with Crippen molar-refractivity contribution >= 4 is 0 Å². The van der Waals surface area contributed by atoms with Gasteiger partial charge in [-0.1, -0.05) is 6.92 Å². The quantitative estimate of drug-likeness (QED) is 0.647. The van der Waals surface area contributed by atoms with E-state index in [1.54, 1.807) is 0 Å². The molecule has 2 nitrogen and oxygen atoms in total. The van der Waals surface area contributed by atoms with Gasteiger partial charge in [0, 0.05) is 11.1 Å². The molecule has 0 saturated carbocycles. The maximum Gasteiger partial charge on any atom is 0.0675 e. The molecule has 2 atom stereocenters. The third-order valence-electron chi connectivity index (χ3n) is 3.00. The van der Waals surface area contributed by atoms with Crippen molar-refractivity contribution in [2.45, 2.75) is 51.6 Å². The van der Waals surface area contributed by atoms with Crippen LogP contribution >= 0.6 is 0 Å². The summed E-state index contributed by atoms with van der Waals surface area (Å²) in [6.07, 6.45) is 1.99. The van der Waals surface area contributed by atoms with Gasteiger partial charge in [0.2, 0.25) is 0 Å². The Morgan fingerprint density at radius 3 is 2.42 bits per heavy atom. The summed E-state index contributed by atoms with van der Waals surface area (Å²) in [7, 11) is 0. The fraction of sp³-hybridized carbons (Fsp3) is 0.900. The van der Waals surface area contributed by atoms with Crippen LogP contribution in [0, 0.1) is 17.2 Å². The first-order chi connectivity index (χ1) is 5.43. The first-order valence-corrected chi connectivity index (χ1v) is 4.62. The minimum Gasteiger partial charge on any atom is -0.305 e. The lowest BCUT2D eigenvalue weighted by molar-refractivity contribution is 0.314. The lowest BCUT2D eigenvalue weighted by Gasteiger charge is -2.28. The summed E-state index contributed by atoms with van der Waals surface area (Å²) in [6, 6.07) is 2.40. The van der Waals surface area contributed by atoms with Crippen molar-refractivity contribution in [3.63, 3.8) is 0 Å². The second-order valence-electron chi connectivity index (χ2n) is 4.67. The zero-order valence-corrected chi connectivity index (χ0v) is 8.44. The van der Waals surface area contributed by atoms with Crippen molar-refractivity contribution in [3.05, 3.63) is 0 Å². The molecule has 12 heavy (non-hydrogen) atoms. The second-order valence-corrected chi connectivity index (χ2v) is 4.67. The Hall–Kier alpha value is -0.550. The molecule has 0 aliphatic carbocycles. The molecule has 0 radical (unpaired) electrons. The number of nitrogens with one attached hydrogen (secondary N) is 1. The molecule has 1 heterocycles. The van der Waals surface area contributed by atoms with Crippen molar-refractivity contribution in [1.29, 1.82) is 5.26 Å². The maximum absolute atomic E-state index is 8.97. The summed E-state index contributed by atoms with van der Waals surface area (Å²) >= 11 is 0. The van der Waals surface area contributed by atoms with Gasteiger partial charge in [-0.05, 0) is 33.6 Å². The van der Waals surface area contributed by atoms with Gasteiger partial charge in [0.1, 0.15) is 0 Å². The highest BCUT2D eigenvalue weighted by molar-refractivity contribution is 5.11. The highest BCUT2D eigenvalue weighted by atomic mass is 15.1. The highest BCUT2D eigenvalue weighted by Crippen LogP contribution is 2.37. The summed E-state index contributed by atoms with van der Waals surface area (Å²) in [5, 5.41) is 12.5. The van der Waals surface area contributed by atoms with Gasteiger partial charge in [0.15, 0.2) is 0 Å². The fourth-order valence-electron chi connectivity index (χ4n) is 2.17. The van der Waals surface area contributed by atoms with Crippen LogP contribution in [-0.4, -0.2) is 11.1 Å². The molecule has 0 aromatic heterocycles. The zero-order valence-electron chi connectivity index (χ0n) is 8.44. The summed E-state index contributed by atoms with van der Waals surface area (Å²) in [4.78, 5) is 0. The standard InChI is InChI=1S/C10H18N2/c1-5-10(4)8(7-11)6-9(2,3)12-10/h8,12H,5-6H2,1-4H3. The smallest absolute Gasteiger partial charge is 0.0675 e. The first kappa shape index (κ1) is 9.54. The summed E-state index contributed by atoms with van der Waals surface area (Å²) in [5.41, 5.74) is 0.156. The van der Waals surface area contributed by atoms with Crippen molar-refractivity contribution in [2.75, 3.05) is 0 Å². The molecule has 1 saturated heterocycles. The van der Waals surface area contributed by atoms with Gasteiger partial charge in [0.05, 0.1) is 12.0 Å². The van der Waals surface area contributed by atoms with E-state index in [-0.39, 0.29) is 17.0 Å². The van der Waals surface area contributed by atoms with Crippen molar-refractivity contribution in [1.82, 2.24) is 5.32 Å². The van der Waals surface area contributed by atoms with Crippen molar-refractivity contribution in [3.8, 4) is 6.07 Å². The molecular weight excluding hydrogens is 148 g/mol. The Bertz CT molecular complexity index is 214. The van der Waals surface area contributed by atoms with E-state index in [0.717, 1.165) is 12.8 Å². The molecule has 68 valence electrons. The molecule has 1 aliphatic rings. The Morgan fingerprint density at radius 1 is 1.50 bits per heavy atom. The van der Waals surface area contributed by atoms with E-state index < -0.39 is 0 Å². The van der Waals surface area contributed by atoms with Crippen LogP contribution in [0.2, 0.25) is 0 Å². The molecule has 1 fully saturated rings. The van der Waals surface area contributed by atoms with Gasteiger partial charge in [-0.3, -0.25) is 0 Å². The van der Waals surface area contributed by atoms with Crippen molar-refractivity contribution < 1.29 is 0 Å². The summed E-state index contributed by atoms with van der Waals surface area (Å²) in [5.74, 6) is 0.164. The van der Waals surface area contributed by atoms with Crippen LogP contribution in [-0.2, 0) is 0 Å². The number of nitriles is 1. The van der Waals surface area contributed by atoms with Gasteiger partial charge in [-0.25, -0.2) is 0 Å². The molecular formula is C10H18N2. The van der Waals surface area contributed by atoms with Crippen LogP contribution in [0.3, 0.4) is 0 Å². The van der Waals surface area contributed by atoms with Gasteiger partial charge in [-0.15, -0.1) is 0 Å². The molecule has 2 unspecified atom stereocenters. The minimum absolute atomic E-state index is 0.0260. The van der Waals surface area contributed by atoms with Gasteiger partial charge < -0.3 is 5.32 Å². The largest absolute Gasteiger partial charge is 0.305 e. The molecule has 0 aromatic rings. The van der Waals surface area contributed by atoms with Crippen LogP contribution in [0.1, 0.15) is 40.5 Å². The number of hydrogen-bond acceptors (Lipinski definition) is 2. The molecule has 2 heteroatoms. The Labute approximate surface area is 75.0 Å². The second kappa shape index (κ2) is 2.74. The van der Waals surface area contributed by atoms with E-state index in [1.165, 1.54) is 0 Å². The number of nitrogens with zero attached hydrogens (tertiary/aromatic N) is 1. The van der Waals surface area contributed by atoms with E-state index in [9.17, 15) is 0 Å². The molecule has 1 rings (SSSR count). The van der Waals surface area contributed by atoms with Gasteiger partial charge >= 0.3 is 0 Å². The minimum atomic E-state index is 0.0260. The van der Waals surface area contributed by atoms with Crippen LogP contribution in [0.15, 0.2) is 0 Å². The molecule has 0 spiro atoms. The topological polar surface area (TPSA) is 35.8 Å². The van der Waals surface area contributed by atoms with Crippen LogP contribution in [0.4, 0.5) is 0 Å². The normalized spacial score (nSPS) is 39.4. The monoisotopic (exact) mass is 166 g/mol.